The van der Waals surface area contributed by atoms with Crippen molar-refractivity contribution in [3.8, 4) is 11.5 Å². The van der Waals surface area contributed by atoms with Gasteiger partial charge in [-0.1, -0.05) is 37.8 Å². The second-order valence-electron chi connectivity index (χ2n) is 6.90. The van der Waals surface area contributed by atoms with Crippen molar-refractivity contribution in [3.05, 3.63) is 35.9 Å². The second-order valence-corrected chi connectivity index (χ2v) is 7.27. The zero-order chi connectivity index (χ0) is 18.1. The van der Waals surface area contributed by atoms with Gasteiger partial charge in [0.1, 0.15) is 11.5 Å². The Hall–Kier alpha value is -1.41. The molecule has 0 aliphatic carbocycles. The molecule has 0 heterocycles. The Labute approximate surface area is 157 Å². The molecule has 2 nitrogen and oxygen atoms in total. The van der Waals surface area contributed by atoms with Crippen molar-refractivity contribution in [3.63, 3.8) is 0 Å². The van der Waals surface area contributed by atoms with Crippen LogP contribution in [0.1, 0.15) is 57.9 Å². The lowest BCUT2D eigenvalue weighted by molar-refractivity contribution is 0.243. The van der Waals surface area contributed by atoms with E-state index in [0.717, 1.165) is 36.8 Å². The molecule has 138 valence electrons. The average Bonchev–Trinajstić information content (AvgIpc) is 2.58. The summed E-state index contributed by atoms with van der Waals surface area (Å²) in [6.07, 6.45) is 7.47. The van der Waals surface area contributed by atoms with Crippen molar-refractivity contribution in [2.75, 3.05) is 12.5 Å². The van der Waals surface area contributed by atoms with Crippen LogP contribution in [0.2, 0.25) is 0 Å². The number of aryl methyl sites for hydroxylation is 1. The van der Waals surface area contributed by atoms with Crippen LogP contribution in [0.3, 0.4) is 0 Å². The number of benzene rings is 2. The van der Waals surface area contributed by atoms with Crippen molar-refractivity contribution < 1.29 is 9.47 Å². The molecule has 25 heavy (non-hydrogen) atoms. The first-order valence-corrected chi connectivity index (χ1v) is 10.0. The largest absolute Gasteiger partial charge is 0.493 e. The smallest absolute Gasteiger partial charge is 0.122 e. The number of rotatable bonds is 11. The van der Waals surface area contributed by atoms with E-state index in [1.54, 1.807) is 0 Å². The predicted octanol–water partition coefficient (Wildman–Crippen LogP) is 6.89. The fraction of sp³-hybridized carbons (Fsp3) is 0.545. The number of hydrogen-bond acceptors (Lipinski definition) is 2. The van der Waals surface area contributed by atoms with E-state index in [4.69, 9.17) is 21.1 Å². The van der Waals surface area contributed by atoms with Gasteiger partial charge < -0.3 is 9.47 Å². The Morgan fingerprint density at radius 3 is 2.36 bits per heavy atom. The van der Waals surface area contributed by atoms with Crippen molar-refractivity contribution in [1.29, 1.82) is 0 Å². The zero-order valence-corrected chi connectivity index (χ0v) is 16.6. The highest BCUT2D eigenvalue weighted by atomic mass is 35.5. The molecule has 0 bridgehead atoms. The first-order valence-electron chi connectivity index (χ1n) is 9.50. The van der Waals surface area contributed by atoms with E-state index in [0.29, 0.717) is 0 Å². The van der Waals surface area contributed by atoms with E-state index in [1.807, 2.05) is 19.9 Å². The Bertz CT molecular complexity index is 652. The summed E-state index contributed by atoms with van der Waals surface area (Å²) in [5.41, 5.74) is 1.20. The minimum absolute atomic E-state index is 0.191. The molecule has 0 radical (unpaired) electrons. The van der Waals surface area contributed by atoms with Crippen LogP contribution in [0, 0.1) is 6.92 Å². The first kappa shape index (κ1) is 19.9. The molecule has 0 saturated carbocycles. The maximum atomic E-state index is 6.02. The summed E-state index contributed by atoms with van der Waals surface area (Å²) in [6.45, 7) is 7.01. The molecule has 0 unspecified atom stereocenters. The Morgan fingerprint density at radius 1 is 0.920 bits per heavy atom. The van der Waals surface area contributed by atoms with Crippen LogP contribution >= 0.6 is 11.6 Å². The van der Waals surface area contributed by atoms with Gasteiger partial charge in [-0.25, -0.2) is 0 Å². The summed E-state index contributed by atoms with van der Waals surface area (Å²) in [4.78, 5) is 0. The van der Waals surface area contributed by atoms with Gasteiger partial charge in [0.15, 0.2) is 0 Å². The quantitative estimate of drug-likeness (QED) is 0.320. The van der Waals surface area contributed by atoms with Crippen LogP contribution in [0.4, 0.5) is 0 Å². The highest BCUT2D eigenvalue weighted by Gasteiger charge is 2.07. The number of halogens is 1. The number of hydrogen-bond donors (Lipinski definition) is 0. The van der Waals surface area contributed by atoms with E-state index in [1.165, 1.54) is 42.0 Å². The number of ether oxygens (including phenoxy) is 2. The average molecular weight is 363 g/mol. The van der Waals surface area contributed by atoms with Crippen molar-refractivity contribution in [2.24, 2.45) is 0 Å². The summed E-state index contributed by atoms with van der Waals surface area (Å²) >= 11 is 5.69. The molecule has 0 atom stereocenters. The third-order valence-electron chi connectivity index (χ3n) is 4.37. The minimum atomic E-state index is 0.191. The topological polar surface area (TPSA) is 18.5 Å². The van der Waals surface area contributed by atoms with Gasteiger partial charge >= 0.3 is 0 Å². The van der Waals surface area contributed by atoms with Crippen LogP contribution < -0.4 is 9.47 Å². The zero-order valence-electron chi connectivity index (χ0n) is 15.8. The fourth-order valence-electron chi connectivity index (χ4n) is 3.03. The summed E-state index contributed by atoms with van der Waals surface area (Å²) in [6, 6.07) is 10.5. The molecule has 0 spiro atoms. The Morgan fingerprint density at radius 2 is 1.64 bits per heavy atom. The maximum absolute atomic E-state index is 6.02. The van der Waals surface area contributed by atoms with Crippen LogP contribution in [0.15, 0.2) is 30.3 Å². The highest BCUT2D eigenvalue weighted by molar-refractivity contribution is 6.17. The van der Waals surface area contributed by atoms with Crippen molar-refractivity contribution >= 4 is 22.4 Å². The number of fused-ring (bicyclic) bond motifs is 1. The highest BCUT2D eigenvalue weighted by Crippen LogP contribution is 2.30. The molecule has 3 heteroatoms. The normalized spacial score (nSPS) is 11.2. The maximum Gasteiger partial charge on any atom is 0.122 e. The molecule has 0 amide bonds. The monoisotopic (exact) mass is 362 g/mol. The third-order valence-corrected chi connectivity index (χ3v) is 4.64. The van der Waals surface area contributed by atoms with E-state index in [-0.39, 0.29) is 6.10 Å². The van der Waals surface area contributed by atoms with Crippen molar-refractivity contribution in [1.82, 2.24) is 0 Å². The third kappa shape index (κ3) is 6.43. The SMILES string of the molecule is Cc1c(OCCCCCCCCCl)ccc2cc(OC(C)C)ccc12. The summed E-state index contributed by atoms with van der Waals surface area (Å²) in [5, 5.41) is 2.43. The molecular weight excluding hydrogens is 332 g/mol. The van der Waals surface area contributed by atoms with Crippen LogP contribution in [0.25, 0.3) is 10.8 Å². The lowest BCUT2D eigenvalue weighted by atomic mass is 10.0. The van der Waals surface area contributed by atoms with Gasteiger partial charge in [0, 0.05) is 5.88 Å². The number of unbranched alkanes of at least 4 members (excludes halogenated alkanes) is 5. The van der Waals surface area contributed by atoms with E-state index in [9.17, 15) is 0 Å². The summed E-state index contributed by atoms with van der Waals surface area (Å²) in [5.74, 6) is 2.70. The van der Waals surface area contributed by atoms with Crippen LogP contribution in [-0.4, -0.2) is 18.6 Å². The Kier molecular flexibility index (Phi) is 8.40. The van der Waals surface area contributed by atoms with Gasteiger partial charge in [-0.05, 0) is 68.1 Å². The summed E-state index contributed by atoms with van der Waals surface area (Å²) in [7, 11) is 0. The van der Waals surface area contributed by atoms with Gasteiger partial charge in [0.05, 0.1) is 12.7 Å². The molecule has 0 saturated heterocycles. The molecule has 2 aromatic carbocycles. The van der Waals surface area contributed by atoms with Crippen LogP contribution in [0.5, 0.6) is 11.5 Å². The Balaban J connectivity index is 1.86. The van der Waals surface area contributed by atoms with Gasteiger partial charge in [-0.3, -0.25) is 0 Å². The molecule has 0 aromatic heterocycles. The first-order chi connectivity index (χ1) is 12.1. The van der Waals surface area contributed by atoms with E-state index < -0.39 is 0 Å². The standard InChI is InChI=1S/C22H31ClO2/c1-17(2)25-20-11-12-21-18(3)22(13-10-19(21)16-20)24-15-9-7-5-4-6-8-14-23/h10-13,16-17H,4-9,14-15H2,1-3H3. The number of alkyl halides is 1. The van der Waals surface area contributed by atoms with Crippen LogP contribution in [-0.2, 0) is 0 Å². The summed E-state index contributed by atoms with van der Waals surface area (Å²) < 4.78 is 11.8. The molecule has 0 aliphatic heterocycles. The predicted molar refractivity (Wildman–Crippen MR) is 108 cm³/mol. The van der Waals surface area contributed by atoms with Gasteiger partial charge in [-0.2, -0.15) is 0 Å². The fourth-order valence-corrected chi connectivity index (χ4v) is 3.22. The van der Waals surface area contributed by atoms with E-state index >= 15 is 0 Å². The van der Waals surface area contributed by atoms with Gasteiger partial charge in [0.2, 0.25) is 0 Å². The lowest BCUT2D eigenvalue weighted by Gasteiger charge is -2.14. The van der Waals surface area contributed by atoms with Crippen molar-refractivity contribution in [2.45, 2.75) is 65.4 Å². The molecule has 0 fully saturated rings. The molecule has 2 aromatic rings. The second kappa shape index (κ2) is 10.6. The minimum Gasteiger partial charge on any atom is -0.493 e. The molecule has 2 rings (SSSR count). The van der Waals surface area contributed by atoms with Gasteiger partial charge in [-0.15, -0.1) is 11.6 Å². The molecule has 0 aliphatic rings. The van der Waals surface area contributed by atoms with E-state index in [2.05, 4.69) is 31.2 Å². The van der Waals surface area contributed by atoms with Gasteiger partial charge in [0.25, 0.3) is 0 Å². The molecular formula is C22H31ClO2. The lowest BCUT2D eigenvalue weighted by Crippen LogP contribution is -2.05. The molecule has 0 N–H and O–H groups in total.